The standard InChI is InChI=1S/C24H21BrN2O2/c1-29-22-13-12-20(25)14-17(22)16-26-27-23(28)21-15-24(21,18-8-4-2-5-9-18)19-10-6-3-7-11-19/h2-14,16,21H,15H2,1H3,(H,27,28)/b26-16-/t21-/m0/s1. The highest BCUT2D eigenvalue weighted by Gasteiger charge is 2.60. The van der Waals surface area contributed by atoms with Gasteiger partial charge in [0.1, 0.15) is 5.75 Å². The first kappa shape index (κ1) is 19.4. The second-order valence-corrected chi connectivity index (χ2v) is 8.00. The molecular formula is C24H21BrN2O2. The van der Waals surface area contributed by atoms with Crippen molar-refractivity contribution in [1.82, 2.24) is 5.43 Å². The van der Waals surface area contributed by atoms with Gasteiger partial charge in [0.05, 0.1) is 19.2 Å². The molecule has 3 aromatic carbocycles. The van der Waals surface area contributed by atoms with Gasteiger partial charge in [0, 0.05) is 15.5 Å². The van der Waals surface area contributed by atoms with Crippen LogP contribution in [0.5, 0.6) is 5.75 Å². The number of ether oxygens (including phenoxy) is 1. The molecule has 1 N–H and O–H groups in total. The Hall–Kier alpha value is -2.92. The van der Waals surface area contributed by atoms with Crippen molar-refractivity contribution in [3.8, 4) is 5.75 Å². The smallest absolute Gasteiger partial charge is 0.244 e. The molecule has 1 saturated carbocycles. The highest BCUT2D eigenvalue weighted by atomic mass is 79.9. The van der Waals surface area contributed by atoms with Gasteiger partial charge in [-0.25, -0.2) is 5.43 Å². The Morgan fingerprint density at radius 3 is 2.28 bits per heavy atom. The number of benzene rings is 3. The molecule has 4 nitrogen and oxygen atoms in total. The summed E-state index contributed by atoms with van der Waals surface area (Å²) in [6.07, 6.45) is 2.37. The molecule has 1 amide bonds. The normalized spacial score (nSPS) is 17.1. The lowest BCUT2D eigenvalue weighted by atomic mass is 9.85. The van der Waals surface area contributed by atoms with E-state index < -0.39 is 0 Å². The van der Waals surface area contributed by atoms with Crippen LogP contribution in [0.3, 0.4) is 0 Å². The largest absolute Gasteiger partial charge is 0.496 e. The third-order valence-electron chi connectivity index (χ3n) is 5.43. The first-order chi connectivity index (χ1) is 14.1. The van der Waals surface area contributed by atoms with E-state index in [9.17, 15) is 4.79 Å². The minimum atomic E-state index is -0.296. The predicted molar refractivity (Wildman–Crippen MR) is 118 cm³/mol. The van der Waals surface area contributed by atoms with E-state index in [-0.39, 0.29) is 17.2 Å². The Labute approximate surface area is 178 Å². The van der Waals surface area contributed by atoms with E-state index in [0.717, 1.165) is 27.6 Å². The van der Waals surface area contributed by atoms with E-state index in [0.29, 0.717) is 5.75 Å². The Morgan fingerprint density at radius 1 is 1.07 bits per heavy atom. The molecule has 1 aliphatic carbocycles. The van der Waals surface area contributed by atoms with Crippen molar-refractivity contribution in [1.29, 1.82) is 0 Å². The van der Waals surface area contributed by atoms with Crippen LogP contribution in [-0.2, 0) is 10.2 Å². The van der Waals surface area contributed by atoms with Crippen LogP contribution in [0.1, 0.15) is 23.1 Å². The molecule has 146 valence electrons. The van der Waals surface area contributed by atoms with Gasteiger partial charge in [-0.2, -0.15) is 5.10 Å². The Bertz CT molecular complexity index is 996. The lowest BCUT2D eigenvalue weighted by Crippen LogP contribution is -2.25. The van der Waals surface area contributed by atoms with E-state index in [2.05, 4.69) is 50.7 Å². The highest BCUT2D eigenvalue weighted by molar-refractivity contribution is 9.10. The topological polar surface area (TPSA) is 50.7 Å². The third kappa shape index (κ3) is 3.83. The molecule has 4 rings (SSSR count). The fourth-order valence-corrected chi connectivity index (χ4v) is 4.28. The summed E-state index contributed by atoms with van der Waals surface area (Å²) in [6.45, 7) is 0. The number of nitrogens with one attached hydrogen (secondary N) is 1. The molecule has 0 spiro atoms. The predicted octanol–water partition coefficient (Wildman–Crippen LogP) is 4.91. The van der Waals surface area contributed by atoms with Crippen LogP contribution in [0.15, 0.2) is 88.4 Å². The van der Waals surface area contributed by atoms with E-state index in [1.54, 1.807) is 13.3 Å². The van der Waals surface area contributed by atoms with Gasteiger partial charge in [-0.1, -0.05) is 76.6 Å². The summed E-state index contributed by atoms with van der Waals surface area (Å²) < 4.78 is 6.26. The van der Waals surface area contributed by atoms with Gasteiger partial charge in [0.2, 0.25) is 5.91 Å². The van der Waals surface area contributed by atoms with Crippen LogP contribution in [0.4, 0.5) is 0 Å². The second kappa shape index (κ2) is 8.21. The Balaban J connectivity index is 1.54. The summed E-state index contributed by atoms with van der Waals surface area (Å²) in [5, 5.41) is 4.18. The van der Waals surface area contributed by atoms with Gasteiger partial charge in [0.15, 0.2) is 0 Å². The zero-order valence-electron chi connectivity index (χ0n) is 16.0. The third-order valence-corrected chi connectivity index (χ3v) is 5.92. The molecule has 0 heterocycles. The number of hydrogen-bond acceptors (Lipinski definition) is 3. The average Bonchev–Trinajstić information content (AvgIpc) is 3.52. The van der Waals surface area contributed by atoms with Gasteiger partial charge < -0.3 is 4.74 Å². The Kier molecular flexibility index (Phi) is 5.49. The summed E-state index contributed by atoms with van der Waals surface area (Å²) in [6, 6.07) is 26.1. The summed E-state index contributed by atoms with van der Waals surface area (Å²) in [4.78, 5) is 12.9. The molecular weight excluding hydrogens is 428 g/mol. The maximum absolute atomic E-state index is 12.9. The van der Waals surface area contributed by atoms with Gasteiger partial charge >= 0.3 is 0 Å². The van der Waals surface area contributed by atoms with Crippen molar-refractivity contribution >= 4 is 28.1 Å². The maximum atomic E-state index is 12.9. The number of carbonyl (C=O) groups is 1. The van der Waals surface area contributed by atoms with Crippen molar-refractivity contribution < 1.29 is 9.53 Å². The molecule has 0 saturated heterocycles. The molecule has 1 aliphatic rings. The van der Waals surface area contributed by atoms with Crippen molar-refractivity contribution in [3.63, 3.8) is 0 Å². The van der Waals surface area contributed by atoms with Crippen LogP contribution in [0.2, 0.25) is 0 Å². The van der Waals surface area contributed by atoms with Crippen molar-refractivity contribution in [2.24, 2.45) is 11.0 Å². The zero-order valence-corrected chi connectivity index (χ0v) is 17.6. The van der Waals surface area contributed by atoms with Crippen LogP contribution >= 0.6 is 15.9 Å². The van der Waals surface area contributed by atoms with Crippen LogP contribution in [-0.4, -0.2) is 19.2 Å². The number of halogens is 1. The lowest BCUT2D eigenvalue weighted by Gasteiger charge is -2.18. The number of nitrogens with zero attached hydrogens (tertiary/aromatic N) is 1. The number of methoxy groups -OCH3 is 1. The monoisotopic (exact) mass is 448 g/mol. The fraction of sp³-hybridized carbons (Fsp3) is 0.167. The molecule has 5 heteroatoms. The van der Waals surface area contributed by atoms with E-state index in [4.69, 9.17) is 4.74 Å². The molecule has 0 aromatic heterocycles. The maximum Gasteiger partial charge on any atom is 0.244 e. The van der Waals surface area contributed by atoms with Gasteiger partial charge in [-0.3, -0.25) is 4.79 Å². The van der Waals surface area contributed by atoms with Gasteiger partial charge in [0.25, 0.3) is 0 Å². The van der Waals surface area contributed by atoms with Crippen LogP contribution in [0.25, 0.3) is 0 Å². The number of hydrazone groups is 1. The first-order valence-electron chi connectivity index (χ1n) is 9.42. The summed E-state index contributed by atoms with van der Waals surface area (Å²) >= 11 is 3.44. The Morgan fingerprint density at radius 2 is 1.69 bits per heavy atom. The van der Waals surface area contributed by atoms with Crippen LogP contribution < -0.4 is 10.2 Å². The van der Waals surface area contributed by atoms with E-state index in [1.165, 1.54) is 0 Å². The summed E-state index contributed by atoms with van der Waals surface area (Å²) in [7, 11) is 1.61. The summed E-state index contributed by atoms with van der Waals surface area (Å²) in [5.41, 5.74) is 5.52. The van der Waals surface area contributed by atoms with E-state index in [1.807, 2.05) is 54.6 Å². The number of rotatable bonds is 6. The second-order valence-electron chi connectivity index (χ2n) is 7.08. The van der Waals surface area contributed by atoms with Crippen LogP contribution in [0, 0.1) is 5.92 Å². The minimum Gasteiger partial charge on any atom is -0.496 e. The van der Waals surface area contributed by atoms with Gasteiger partial charge in [-0.15, -0.1) is 0 Å². The van der Waals surface area contributed by atoms with E-state index >= 15 is 0 Å². The van der Waals surface area contributed by atoms with Crippen molar-refractivity contribution in [3.05, 3.63) is 100 Å². The highest BCUT2D eigenvalue weighted by Crippen LogP contribution is 2.58. The SMILES string of the molecule is COc1ccc(Br)cc1/C=N\NC(=O)[C@@H]1CC1(c1ccccc1)c1ccccc1. The number of amides is 1. The first-order valence-corrected chi connectivity index (χ1v) is 10.2. The molecule has 0 unspecified atom stereocenters. The number of hydrogen-bond donors (Lipinski definition) is 1. The minimum absolute atomic E-state index is 0.0806. The molecule has 1 atom stereocenters. The molecule has 1 fully saturated rings. The molecule has 0 radical (unpaired) electrons. The lowest BCUT2D eigenvalue weighted by molar-refractivity contribution is -0.122. The van der Waals surface area contributed by atoms with Crippen molar-refractivity contribution in [2.45, 2.75) is 11.8 Å². The summed E-state index contributed by atoms with van der Waals surface area (Å²) in [5.74, 6) is 0.456. The average molecular weight is 449 g/mol. The molecule has 3 aromatic rings. The fourth-order valence-electron chi connectivity index (χ4n) is 3.90. The quantitative estimate of drug-likeness (QED) is 0.429. The van der Waals surface area contributed by atoms with Crippen molar-refractivity contribution in [2.75, 3.05) is 7.11 Å². The zero-order chi connectivity index (χ0) is 20.3. The number of carbonyl (C=O) groups excluding carboxylic acids is 1. The molecule has 0 bridgehead atoms. The van der Waals surface area contributed by atoms with Gasteiger partial charge in [-0.05, 0) is 35.7 Å². The molecule has 29 heavy (non-hydrogen) atoms. The molecule has 0 aliphatic heterocycles.